The number of aryl methyl sites for hydroxylation is 1. The molecule has 1 saturated heterocycles. The van der Waals surface area contributed by atoms with Gasteiger partial charge in [-0.2, -0.15) is 0 Å². The van der Waals surface area contributed by atoms with Crippen molar-refractivity contribution in [2.24, 2.45) is 0 Å². The van der Waals surface area contributed by atoms with Gasteiger partial charge in [0.05, 0.1) is 6.04 Å². The highest BCUT2D eigenvalue weighted by Crippen LogP contribution is 2.42. The fraction of sp³-hybridized carbons (Fsp3) is 0.350. The molecule has 0 radical (unpaired) electrons. The number of carbonyl (C=O) groups is 3. The predicted molar refractivity (Wildman–Crippen MR) is 102 cm³/mol. The number of hydrogen-bond acceptors (Lipinski definition) is 4. The number of carbonyl (C=O) groups excluding carboxylic acids is 3. The summed E-state index contributed by atoms with van der Waals surface area (Å²) in [5.41, 5.74) is 0.850. The Hall–Kier alpha value is -2.67. The molecule has 7 heteroatoms. The summed E-state index contributed by atoms with van der Waals surface area (Å²) < 4.78 is 0. The second kappa shape index (κ2) is 6.81. The van der Waals surface area contributed by atoms with Crippen LogP contribution in [0.15, 0.2) is 41.8 Å². The van der Waals surface area contributed by atoms with Gasteiger partial charge in [-0.15, -0.1) is 11.3 Å². The van der Waals surface area contributed by atoms with E-state index < -0.39 is 11.6 Å². The monoisotopic (exact) mass is 383 g/mol. The summed E-state index contributed by atoms with van der Waals surface area (Å²) in [5.74, 6) is -0.678. The largest absolute Gasteiger partial charge is 0.348 e. The first-order valence-electron chi connectivity index (χ1n) is 9.06. The number of amides is 4. The molecular weight excluding hydrogens is 362 g/mol. The molecule has 1 aliphatic heterocycles. The standard InChI is InChI=1S/C20H21N3O3S/c1-13(14-6-3-2-4-7-14)21-17(24)12-23-18(25)20(22-19(23)26)10-5-8-16-15(20)9-11-27-16/h2-4,6-7,9,11,13H,5,8,10,12H2,1H3,(H,21,24)(H,22,26)/t13-,20+/m1/s1. The topological polar surface area (TPSA) is 78.5 Å². The van der Waals surface area contributed by atoms with Crippen LogP contribution in [0, 0.1) is 0 Å². The van der Waals surface area contributed by atoms with E-state index in [0.717, 1.165) is 33.7 Å². The first kappa shape index (κ1) is 17.7. The lowest BCUT2D eigenvalue weighted by Crippen LogP contribution is -2.47. The number of urea groups is 1. The Morgan fingerprint density at radius 1 is 1.30 bits per heavy atom. The third-order valence-electron chi connectivity index (χ3n) is 5.32. The maximum atomic E-state index is 13.1. The summed E-state index contributed by atoms with van der Waals surface area (Å²) in [6.07, 6.45) is 2.33. The van der Waals surface area contributed by atoms with E-state index >= 15 is 0 Å². The lowest BCUT2D eigenvalue weighted by atomic mass is 9.80. The number of rotatable bonds is 4. The van der Waals surface area contributed by atoms with Gasteiger partial charge >= 0.3 is 6.03 Å². The molecule has 2 aliphatic rings. The highest BCUT2D eigenvalue weighted by atomic mass is 32.1. The SMILES string of the molecule is C[C@@H](NC(=O)CN1C(=O)N[C@]2(CCCc3sccc32)C1=O)c1ccccc1. The van der Waals surface area contributed by atoms with E-state index in [-0.39, 0.29) is 24.4 Å². The molecule has 1 aromatic carbocycles. The molecule has 0 bridgehead atoms. The summed E-state index contributed by atoms with van der Waals surface area (Å²) >= 11 is 1.61. The van der Waals surface area contributed by atoms with Crippen LogP contribution in [0.1, 0.15) is 41.8 Å². The third-order valence-corrected chi connectivity index (χ3v) is 6.30. The predicted octanol–water partition coefficient (Wildman–Crippen LogP) is 2.71. The number of benzene rings is 1. The minimum absolute atomic E-state index is 0.202. The molecule has 1 aliphatic carbocycles. The molecule has 4 rings (SSSR count). The van der Waals surface area contributed by atoms with Gasteiger partial charge in [0.15, 0.2) is 0 Å². The van der Waals surface area contributed by atoms with Crippen LogP contribution in [0.5, 0.6) is 0 Å². The molecule has 2 aromatic rings. The Kier molecular flexibility index (Phi) is 4.47. The molecule has 2 heterocycles. The number of hydrogen-bond donors (Lipinski definition) is 2. The quantitative estimate of drug-likeness (QED) is 0.797. The van der Waals surface area contributed by atoms with E-state index in [9.17, 15) is 14.4 Å². The molecule has 2 atom stereocenters. The van der Waals surface area contributed by atoms with Gasteiger partial charge in [-0.1, -0.05) is 30.3 Å². The average molecular weight is 383 g/mol. The van der Waals surface area contributed by atoms with Crippen molar-refractivity contribution in [3.8, 4) is 0 Å². The first-order chi connectivity index (χ1) is 13.0. The molecule has 140 valence electrons. The van der Waals surface area contributed by atoms with Crippen LogP contribution in [-0.2, 0) is 21.5 Å². The van der Waals surface area contributed by atoms with Crippen LogP contribution >= 0.6 is 11.3 Å². The van der Waals surface area contributed by atoms with E-state index in [1.807, 2.05) is 48.7 Å². The number of nitrogens with zero attached hydrogens (tertiary/aromatic N) is 1. The normalized spacial score (nSPS) is 22.5. The number of imide groups is 1. The summed E-state index contributed by atoms with van der Waals surface area (Å²) in [7, 11) is 0. The van der Waals surface area contributed by atoms with Crippen molar-refractivity contribution in [1.82, 2.24) is 15.5 Å². The van der Waals surface area contributed by atoms with Crippen molar-refractivity contribution in [2.45, 2.75) is 37.8 Å². The number of thiophene rings is 1. The maximum Gasteiger partial charge on any atom is 0.325 e. The van der Waals surface area contributed by atoms with Crippen LogP contribution < -0.4 is 10.6 Å². The van der Waals surface area contributed by atoms with Crippen LogP contribution in [0.3, 0.4) is 0 Å². The van der Waals surface area contributed by atoms with Crippen molar-refractivity contribution >= 4 is 29.2 Å². The van der Waals surface area contributed by atoms with Gasteiger partial charge in [-0.25, -0.2) is 4.79 Å². The van der Waals surface area contributed by atoms with Crippen LogP contribution in [0.25, 0.3) is 0 Å². The van der Waals surface area contributed by atoms with Crippen molar-refractivity contribution in [3.63, 3.8) is 0 Å². The molecule has 4 amide bonds. The average Bonchev–Trinajstić information content (AvgIpc) is 3.23. The van der Waals surface area contributed by atoms with Gasteiger partial charge in [-0.3, -0.25) is 14.5 Å². The maximum absolute atomic E-state index is 13.1. The van der Waals surface area contributed by atoms with Crippen LogP contribution in [0.2, 0.25) is 0 Å². The van der Waals surface area contributed by atoms with Crippen molar-refractivity contribution in [1.29, 1.82) is 0 Å². The second-order valence-electron chi connectivity index (χ2n) is 7.04. The first-order valence-corrected chi connectivity index (χ1v) is 9.94. The molecule has 1 spiro atoms. The van der Waals surface area contributed by atoms with Gasteiger partial charge in [0, 0.05) is 10.4 Å². The van der Waals surface area contributed by atoms with Crippen LogP contribution in [0.4, 0.5) is 4.79 Å². The van der Waals surface area contributed by atoms with Crippen molar-refractivity contribution in [3.05, 3.63) is 57.8 Å². The van der Waals surface area contributed by atoms with E-state index in [0.29, 0.717) is 6.42 Å². The molecule has 1 fully saturated rings. The molecule has 1 aromatic heterocycles. The fourth-order valence-electron chi connectivity index (χ4n) is 3.94. The number of fused-ring (bicyclic) bond motifs is 2. The number of nitrogens with one attached hydrogen (secondary N) is 2. The van der Waals surface area contributed by atoms with Gasteiger partial charge < -0.3 is 10.6 Å². The second-order valence-corrected chi connectivity index (χ2v) is 8.04. The minimum atomic E-state index is -1.00. The Labute approximate surface area is 161 Å². The minimum Gasteiger partial charge on any atom is -0.348 e. The van der Waals surface area contributed by atoms with Crippen molar-refractivity contribution in [2.75, 3.05) is 6.54 Å². The highest BCUT2D eigenvalue weighted by molar-refractivity contribution is 7.10. The lowest BCUT2D eigenvalue weighted by Gasteiger charge is -2.31. The van der Waals surface area contributed by atoms with E-state index in [1.54, 1.807) is 11.3 Å². The Balaban J connectivity index is 1.48. The Morgan fingerprint density at radius 2 is 2.07 bits per heavy atom. The smallest absolute Gasteiger partial charge is 0.325 e. The van der Waals surface area contributed by atoms with Gasteiger partial charge in [0.2, 0.25) is 5.91 Å². The summed E-state index contributed by atoms with van der Waals surface area (Å²) in [5, 5.41) is 7.68. The van der Waals surface area contributed by atoms with Crippen molar-refractivity contribution < 1.29 is 14.4 Å². The van der Waals surface area contributed by atoms with Gasteiger partial charge in [0.1, 0.15) is 12.1 Å². The third kappa shape index (κ3) is 3.02. The molecule has 6 nitrogen and oxygen atoms in total. The molecule has 0 saturated carbocycles. The summed E-state index contributed by atoms with van der Waals surface area (Å²) in [4.78, 5) is 40.2. The zero-order chi connectivity index (χ0) is 19.0. The van der Waals surface area contributed by atoms with Crippen LogP contribution in [-0.4, -0.2) is 29.3 Å². The van der Waals surface area contributed by atoms with Gasteiger partial charge in [-0.05, 0) is 43.2 Å². The molecule has 0 unspecified atom stereocenters. The summed E-state index contributed by atoms with van der Waals surface area (Å²) in [6, 6.07) is 10.8. The molecular formula is C20H21N3O3S. The lowest BCUT2D eigenvalue weighted by molar-refractivity contribution is -0.135. The molecule has 2 N–H and O–H groups in total. The van der Waals surface area contributed by atoms with E-state index in [4.69, 9.17) is 0 Å². The zero-order valence-corrected chi connectivity index (χ0v) is 15.8. The molecule has 27 heavy (non-hydrogen) atoms. The highest BCUT2D eigenvalue weighted by Gasteiger charge is 2.54. The zero-order valence-electron chi connectivity index (χ0n) is 15.0. The fourth-order valence-corrected chi connectivity index (χ4v) is 4.94. The van der Waals surface area contributed by atoms with E-state index in [1.165, 1.54) is 0 Å². The Morgan fingerprint density at radius 3 is 2.85 bits per heavy atom. The van der Waals surface area contributed by atoms with E-state index in [2.05, 4.69) is 10.6 Å². The summed E-state index contributed by atoms with van der Waals surface area (Å²) in [6.45, 7) is 1.60. The Bertz CT molecular complexity index is 895. The van der Waals surface area contributed by atoms with Gasteiger partial charge in [0.25, 0.3) is 5.91 Å².